The van der Waals surface area contributed by atoms with Crippen LogP contribution in [0.3, 0.4) is 0 Å². The van der Waals surface area contributed by atoms with Crippen LogP contribution in [0.1, 0.15) is 24.0 Å². The van der Waals surface area contributed by atoms with Crippen molar-refractivity contribution < 1.29 is 9.53 Å². The molecule has 1 aliphatic rings. The van der Waals surface area contributed by atoms with Crippen molar-refractivity contribution in [1.29, 1.82) is 0 Å². The fourth-order valence-corrected chi connectivity index (χ4v) is 3.57. The van der Waals surface area contributed by atoms with E-state index in [4.69, 9.17) is 10.5 Å². The number of carbonyl (C=O) groups is 1. The predicted octanol–water partition coefficient (Wildman–Crippen LogP) is 2.55. The maximum absolute atomic E-state index is 12.6. The van der Waals surface area contributed by atoms with E-state index < -0.39 is 0 Å². The van der Waals surface area contributed by atoms with Gasteiger partial charge >= 0.3 is 0 Å². The number of hydrogen-bond donors (Lipinski definition) is 2. The topological polar surface area (TPSA) is 67.6 Å². The van der Waals surface area contributed by atoms with E-state index in [9.17, 15) is 4.79 Å². The van der Waals surface area contributed by atoms with Gasteiger partial charge < -0.3 is 15.8 Å². The number of amides is 1. The first kappa shape index (κ1) is 21.2. The lowest BCUT2D eigenvalue weighted by Gasteiger charge is -2.23. The average molecular weight is 390 g/mol. The lowest BCUT2D eigenvalue weighted by molar-refractivity contribution is -0.125. The zero-order chi connectivity index (χ0) is 18.5. The fourth-order valence-electron chi connectivity index (χ4n) is 3.57. The highest BCUT2D eigenvalue weighted by Gasteiger charge is 2.35. The first-order chi connectivity index (χ1) is 12.6. The lowest BCUT2D eigenvalue weighted by atomic mass is 9.95. The highest BCUT2D eigenvalue weighted by molar-refractivity contribution is 5.85. The number of nitrogens with one attached hydrogen (secondary N) is 1. The Morgan fingerprint density at radius 2 is 1.85 bits per heavy atom. The van der Waals surface area contributed by atoms with Gasteiger partial charge in [-0.05, 0) is 18.6 Å². The molecule has 0 radical (unpaired) electrons. The molecule has 5 nitrogen and oxygen atoms in total. The smallest absolute Gasteiger partial charge is 0.237 e. The molecule has 0 spiro atoms. The number of ether oxygens (including phenoxy) is 1. The third-order valence-corrected chi connectivity index (χ3v) is 5.19. The van der Waals surface area contributed by atoms with Gasteiger partial charge in [0.25, 0.3) is 0 Å². The molecule has 0 aromatic heterocycles. The van der Waals surface area contributed by atoms with Crippen molar-refractivity contribution in [3.05, 3.63) is 65.7 Å². The molecule has 27 heavy (non-hydrogen) atoms. The molecule has 1 unspecified atom stereocenters. The van der Waals surface area contributed by atoms with Crippen LogP contribution >= 0.6 is 12.4 Å². The monoisotopic (exact) mass is 389 g/mol. The van der Waals surface area contributed by atoms with E-state index in [1.807, 2.05) is 49.4 Å². The van der Waals surface area contributed by atoms with Gasteiger partial charge in [0, 0.05) is 37.2 Å². The standard InChI is InChI=1S/C21H27N3O2.ClH/c1-15(21(25)23-12-17-10-6-7-11-20(17)26-2)24-13-18(19(22)14-24)16-8-4-3-5-9-16;/h3-11,15,18-19H,12-14,22H2,1-2H3,(H,23,25);1H/t15?,18-,19+;/m0./s1. The number of benzene rings is 2. The summed E-state index contributed by atoms with van der Waals surface area (Å²) in [4.78, 5) is 14.8. The zero-order valence-electron chi connectivity index (χ0n) is 15.8. The van der Waals surface area contributed by atoms with E-state index in [0.29, 0.717) is 6.54 Å². The third kappa shape index (κ3) is 5.01. The lowest BCUT2D eigenvalue weighted by Crippen LogP contribution is -2.44. The Balaban J connectivity index is 0.00000261. The Kier molecular flexibility index (Phi) is 7.66. The minimum Gasteiger partial charge on any atom is -0.496 e. The summed E-state index contributed by atoms with van der Waals surface area (Å²) in [5.74, 6) is 1.06. The molecule has 3 rings (SSSR count). The quantitative estimate of drug-likeness (QED) is 0.796. The van der Waals surface area contributed by atoms with Gasteiger partial charge in [-0.1, -0.05) is 48.5 Å². The molecule has 1 aliphatic heterocycles. The highest BCUT2D eigenvalue weighted by atomic mass is 35.5. The number of hydrogen-bond acceptors (Lipinski definition) is 4. The number of carbonyl (C=O) groups excluding carboxylic acids is 1. The van der Waals surface area contributed by atoms with Crippen molar-refractivity contribution in [3.8, 4) is 5.75 Å². The Labute approximate surface area is 167 Å². The van der Waals surface area contributed by atoms with E-state index in [2.05, 4.69) is 22.3 Å². The Hall–Kier alpha value is -2.08. The summed E-state index contributed by atoms with van der Waals surface area (Å²) in [5, 5.41) is 3.02. The maximum Gasteiger partial charge on any atom is 0.237 e. The van der Waals surface area contributed by atoms with Crippen LogP contribution in [-0.4, -0.2) is 43.1 Å². The van der Waals surface area contributed by atoms with Gasteiger partial charge in [-0.25, -0.2) is 0 Å². The summed E-state index contributed by atoms with van der Waals surface area (Å²) in [6.45, 7) is 3.92. The molecule has 0 aliphatic carbocycles. The van der Waals surface area contributed by atoms with Gasteiger partial charge in [-0.15, -0.1) is 12.4 Å². The first-order valence-corrected chi connectivity index (χ1v) is 9.04. The molecule has 1 saturated heterocycles. The number of halogens is 1. The van der Waals surface area contributed by atoms with Crippen molar-refractivity contribution in [1.82, 2.24) is 10.2 Å². The summed E-state index contributed by atoms with van der Waals surface area (Å²) in [6.07, 6.45) is 0. The summed E-state index contributed by atoms with van der Waals surface area (Å²) < 4.78 is 5.34. The van der Waals surface area contributed by atoms with Gasteiger partial charge in [-0.3, -0.25) is 9.69 Å². The second-order valence-electron chi connectivity index (χ2n) is 6.84. The van der Waals surface area contributed by atoms with Crippen molar-refractivity contribution in [2.75, 3.05) is 20.2 Å². The van der Waals surface area contributed by atoms with Gasteiger partial charge in [0.15, 0.2) is 0 Å². The second kappa shape index (κ2) is 9.74. The summed E-state index contributed by atoms with van der Waals surface area (Å²) >= 11 is 0. The third-order valence-electron chi connectivity index (χ3n) is 5.19. The van der Waals surface area contributed by atoms with Crippen LogP contribution in [0.25, 0.3) is 0 Å². The van der Waals surface area contributed by atoms with Crippen LogP contribution in [0.4, 0.5) is 0 Å². The van der Waals surface area contributed by atoms with E-state index >= 15 is 0 Å². The van der Waals surface area contributed by atoms with Crippen LogP contribution in [-0.2, 0) is 11.3 Å². The van der Waals surface area contributed by atoms with Crippen LogP contribution in [0.2, 0.25) is 0 Å². The number of methoxy groups -OCH3 is 1. The summed E-state index contributed by atoms with van der Waals surface area (Å²) in [6, 6.07) is 17.8. The van der Waals surface area contributed by atoms with E-state index in [-0.39, 0.29) is 36.3 Å². The minimum absolute atomic E-state index is 0. The van der Waals surface area contributed by atoms with Crippen molar-refractivity contribution in [3.63, 3.8) is 0 Å². The largest absolute Gasteiger partial charge is 0.496 e. The van der Waals surface area contributed by atoms with Crippen LogP contribution in [0, 0.1) is 0 Å². The Bertz CT molecular complexity index is 741. The molecule has 6 heteroatoms. The molecule has 0 saturated carbocycles. The zero-order valence-corrected chi connectivity index (χ0v) is 16.6. The molecule has 2 aromatic carbocycles. The van der Waals surface area contributed by atoms with Gasteiger partial charge in [0.05, 0.1) is 13.2 Å². The van der Waals surface area contributed by atoms with E-state index in [1.165, 1.54) is 5.56 Å². The maximum atomic E-state index is 12.6. The summed E-state index contributed by atoms with van der Waals surface area (Å²) in [5.41, 5.74) is 8.56. The second-order valence-corrected chi connectivity index (χ2v) is 6.84. The average Bonchev–Trinajstić information content (AvgIpc) is 3.08. The molecule has 0 bridgehead atoms. The molecule has 1 heterocycles. The predicted molar refractivity (Wildman–Crippen MR) is 110 cm³/mol. The Morgan fingerprint density at radius 1 is 1.19 bits per heavy atom. The SMILES string of the molecule is COc1ccccc1CNC(=O)C(C)N1C[C@@H](N)[C@H](c2ccccc2)C1.Cl. The van der Waals surface area contributed by atoms with Crippen LogP contribution < -0.4 is 15.8 Å². The normalized spacial score (nSPS) is 20.6. The van der Waals surface area contributed by atoms with Crippen LogP contribution in [0.5, 0.6) is 5.75 Å². The van der Waals surface area contributed by atoms with Crippen molar-refractivity contribution >= 4 is 18.3 Å². The number of nitrogens with two attached hydrogens (primary N) is 1. The number of nitrogens with zero attached hydrogens (tertiary/aromatic N) is 1. The van der Waals surface area contributed by atoms with Gasteiger partial charge in [-0.2, -0.15) is 0 Å². The molecule has 3 atom stereocenters. The molecule has 1 fully saturated rings. The van der Waals surface area contributed by atoms with Crippen LogP contribution in [0.15, 0.2) is 54.6 Å². The molecule has 146 valence electrons. The van der Waals surface area contributed by atoms with Gasteiger partial charge in [0.1, 0.15) is 5.75 Å². The molecular weight excluding hydrogens is 362 g/mol. The fraction of sp³-hybridized carbons (Fsp3) is 0.381. The highest BCUT2D eigenvalue weighted by Crippen LogP contribution is 2.27. The number of rotatable bonds is 6. The first-order valence-electron chi connectivity index (χ1n) is 9.04. The van der Waals surface area contributed by atoms with Crippen molar-refractivity contribution in [2.45, 2.75) is 31.5 Å². The van der Waals surface area contributed by atoms with E-state index in [1.54, 1.807) is 7.11 Å². The van der Waals surface area contributed by atoms with Crippen molar-refractivity contribution in [2.24, 2.45) is 5.73 Å². The molecular formula is C21H28ClN3O2. The molecule has 1 amide bonds. The molecule has 2 aromatic rings. The number of para-hydroxylation sites is 1. The number of likely N-dealkylation sites (tertiary alicyclic amines) is 1. The summed E-state index contributed by atoms with van der Waals surface area (Å²) in [7, 11) is 1.64. The Morgan fingerprint density at radius 3 is 2.56 bits per heavy atom. The minimum atomic E-state index is -0.218. The van der Waals surface area contributed by atoms with E-state index in [0.717, 1.165) is 24.4 Å². The molecule has 3 N–H and O–H groups in total. The van der Waals surface area contributed by atoms with Gasteiger partial charge in [0.2, 0.25) is 5.91 Å².